The molecule has 23 heavy (non-hydrogen) atoms. The van der Waals surface area contributed by atoms with Crippen LogP contribution in [-0.4, -0.2) is 18.3 Å². The molecule has 0 radical (unpaired) electrons. The summed E-state index contributed by atoms with van der Waals surface area (Å²) in [7, 11) is 0. The predicted octanol–water partition coefficient (Wildman–Crippen LogP) is 5.14. The molecule has 0 unspecified atom stereocenters. The highest BCUT2D eigenvalue weighted by molar-refractivity contribution is 6.42. The molecule has 0 saturated heterocycles. The minimum Gasteiger partial charge on any atom is -0.387 e. The van der Waals surface area contributed by atoms with E-state index in [0.29, 0.717) is 28.8 Å². The molecule has 0 saturated carbocycles. The number of unbranched alkanes of at least 4 members (excludes halogenated alkanes) is 1. The number of hydrogen-bond donors (Lipinski definition) is 2. The Hall–Kier alpha value is -1.26. The molecule has 0 heterocycles. The first-order valence-corrected chi connectivity index (χ1v) is 8.75. The molecule has 1 rings (SSSR count). The van der Waals surface area contributed by atoms with Gasteiger partial charge < -0.3 is 11.1 Å². The fraction of sp³-hybridized carbons (Fsp3) is 0.529. The van der Waals surface area contributed by atoms with Gasteiger partial charge in [0.1, 0.15) is 5.84 Å². The highest BCUT2D eigenvalue weighted by Gasteiger charge is 2.09. The zero-order valence-electron chi connectivity index (χ0n) is 14.3. The normalized spacial score (nSPS) is 12.2. The maximum absolute atomic E-state index is 11.6. The molecule has 3 N–H and O–H groups in total. The van der Waals surface area contributed by atoms with E-state index < -0.39 is 0 Å². The summed E-state index contributed by atoms with van der Waals surface area (Å²) in [4.78, 5) is 15.5. The van der Waals surface area contributed by atoms with Crippen LogP contribution in [0.2, 0.25) is 10.0 Å². The number of hydrogen-bond acceptors (Lipinski definition) is 2. The molecule has 0 aliphatic rings. The maximum Gasteiger partial charge on any atom is 0.247 e. The third-order valence-electron chi connectivity index (χ3n) is 3.03. The van der Waals surface area contributed by atoms with Crippen LogP contribution in [0.5, 0.6) is 0 Å². The molecule has 1 amide bonds. The van der Waals surface area contributed by atoms with Gasteiger partial charge in [-0.3, -0.25) is 4.79 Å². The molecule has 0 aromatic heterocycles. The number of amides is 1. The molecule has 0 fully saturated rings. The van der Waals surface area contributed by atoms with E-state index in [-0.39, 0.29) is 11.8 Å². The van der Waals surface area contributed by atoms with Crippen LogP contribution in [0.1, 0.15) is 47.0 Å². The fourth-order valence-corrected chi connectivity index (χ4v) is 1.92. The van der Waals surface area contributed by atoms with Gasteiger partial charge in [-0.15, -0.1) is 0 Å². The van der Waals surface area contributed by atoms with Crippen LogP contribution in [0, 0.1) is 5.92 Å². The molecule has 1 aromatic carbocycles. The SMILES string of the molecule is CC.CCCCC(=O)N=C(N)[C@@H](C)CNc1ccc(Cl)c(Cl)c1. The van der Waals surface area contributed by atoms with Crippen LogP contribution in [0.15, 0.2) is 23.2 Å². The standard InChI is InChI=1S/C15H21Cl2N3O.C2H6/c1-3-4-5-14(21)20-15(18)10(2)9-19-11-6-7-12(16)13(17)8-11;1-2/h6-8,10,19H,3-5,9H2,1-2H3,(H2,18,20,21);1-2H3/t10-;/m0./s1. The molecule has 130 valence electrons. The van der Waals surface area contributed by atoms with Crippen LogP contribution in [0.4, 0.5) is 5.69 Å². The van der Waals surface area contributed by atoms with E-state index in [9.17, 15) is 4.79 Å². The van der Waals surface area contributed by atoms with Crippen molar-refractivity contribution in [1.29, 1.82) is 0 Å². The molecule has 0 aliphatic heterocycles. The molecular weight excluding hydrogens is 333 g/mol. The number of anilines is 1. The second-order valence-electron chi connectivity index (χ2n) is 4.94. The number of halogens is 2. The molecule has 0 aliphatic carbocycles. The zero-order chi connectivity index (χ0) is 17.8. The Bertz CT molecular complexity index is 519. The van der Waals surface area contributed by atoms with Gasteiger partial charge >= 0.3 is 0 Å². The third kappa shape index (κ3) is 8.82. The van der Waals surface area contributed by atoms with E-state index >= 15 is 0 Å². The van der Waals surface area contributed by atoms with Crippen molar-refractivity contribution in [1.82, 2.24) is 0 Å². The number of benzene rings is 1. The third-order valence-corrected chi connectivity index (χ3v) is 3.77. The van der Waals surface area contributed by atoms with Crippen LogP contribution in [0.3, 0.4) is 0 Å². The number of nitrogens with one attached hydrogen (secondary N) is 1. The van der Waals surface area contributed by atoms with Crippen molar-refractivity contribution in [2.45, 2.75) is 47.0 Å². The molecule has 0 spiro atoms. The summed E-state index contributed by atoms with van der Waals surface area (Å²) < 4.78 is 0. The van der Waals surface area contributed by atoms with Gasteiger partial charge in [0.15, 0.2) is 0 Å². The monoisotopic (exact) mass is 359 g/mol. The second-order valence-corrected chi connectivity index (χ2v) is 5.76. The Balaban J connectivity index is 0.00000232. The van der Waals surface area contributed by atoms with Gasteiger partial charge in [-0.05, 0) is 24.6 Å². The highest BCUT2D eigenvalue weighted by Crippen LogP contribution is 2.25. The minimum atomic E-state index is -0.157. The average Bonchev–Trinajstić information content (AvgIpc) is 2.55. The number of nitrogens with two attached hydrogens (primary N) is 1. The smallest absolute Gasteiger partial charge is 0.247 e. The van der Waals surface area contributed by atoms with E-state index in [4.69, 9.17) is 28.9 Å². The lowest BCUT2D eigenvalue weighted by atomic mass is 10.1. The van der Waals surface area contributed by atoms with Crippen molar-refractivity contribution in [3.63, 3.8) is 0 Å². The van der Waals surface area contributed by atoms with E-state index in [1.54, 1.807) is 12.1 Å². The van der Waals surface area contributed by atoms with Crippen molar-refractivity contribution in [3.8, 4) is 0 Å². The Morgan fingerprint density at radius 2 is 1.96 bits per heavy atom. The van der Waals surface area contributed by atoms with E-state index in [0.717, 1.165) is 18.5 Å². The number of nitrogens with zero attached hydrogens (tertiary/aromatic N) is 1. The Morgan fingerprint density at radius 1 is 1.30 bits per heavy atom. The molecule has 4 nitrogen and oxygen atoms in total. The number of carbonyl (C=O) groups excluding carboxylic acids is 1. The minimum absolute atomic E-state index is 0.0509. The Morgan fingerprint density at radius 3 is 2.52 bits per heavy atom. The number of rotatable bonds is 7. The lowest BCUT2D eigenvalue weighted by Crippen LogP contribution is -2.28. The van der Waals surface area contributed by atoms with E-state index in [1.165, 1.54) is 0 Å². The molecule has 6 heteroatoms. The zero-order valence-corrected chi connectivity index (χ0v) is 15.8. The summed E-state index contributed by atoms with van der Waals surface area (Å²) in [5.74, 6) is 0.143. The predicted molar refractivity (Wildman–Crippen MR) is 102 cm³/mol. The van der Waals surface area contributed by atoms with Crippen LogP contribution in [0.25, 0.3) is 0 Å². The summed E-state index contributed by atoms with van der Waals surface area (Å²) in [5, 5.41) is 4.20. The average molecular weight is 360 g/mol. The van der Waals surface area contributed by atoms with Gasteiger partial charge in [-0.2, -0.15) is 0 Å². The highest BCUT2D eigenvalue weighted by atomic mass is 35.5. The number of amidine groups is 1. The molecule has 0 bridgehead atoms. The van der Waals surface area contributed by atoms with E-state index in [2.05, 4.69) is 10.3 Å². The quantitative estimate of drug-likeness (QED) is 0.522. The van der Waals surface area contributed by atoms with Crippen LogP contribution < -0.4 is 11.1 Å². The summed E-state index contributed by atoms with van der Waals surface area (Å²) in [6.07, 6.45) is 2.26. The first kappa shape index (κ1) is 21.7. The Kier molecular flexibility index (Phi) is 11.5. The molecule has 1 aromatic rings. The molecule has 1 atom stereocenters. The van der Waals surface area contributed by atoms with Gasteiger partial charge in [-0.25, -0.2) is 4.99 Å². The first-order chi connectivity index (χ1) is 10.9. The summed E-state index contributed by atoms with van der Waals surface area (Å²) in [6, 6.07) is 5.31. The molecular formula is C17H27Cl2N3O. The topological polar surface area (TPSA) is 67.5 Å². The second kappa shape index (κ2) is 12.2. The Labute approximate surface area is 149 Å². The maximum atomic E-state index is 11.6. The largest absolute Gasteiger partial charge is 0.387 e. The van der Waals surface area contributed by atoms with Crippen molar-refractivity contribution in [3.05, 3.63) is 28.2 Å². The van der Waals surface area contributed by atoms with Crippen molar-refractivity contribution in [2.75, 3.05) is 11.9 Å². The summed E-state index contributed by atoms with van der Waals surface area (Å²) >= 11 is 11.8. The van der Waals surface area contributed by atoms with Gasteiger partial charge in [0.25, 0.3) is 0 Å². The van der Waals surface area contributed by atoms with Gasteiger partial charge in [-0.1, -0.05) is 57.3 Å². The van der Waals surface area contributed by atoms with Gasteiger partial charge in [0.05, 0.1) is 10.0 Å². The van der Waals surface area contributed by atoms with E-state index in [1.807, 2.05) is 33.8 Å². The van der Waals surface area contributed by atoms with Crippen LogP contribution >= 0.6 is 23.2 Å². The van der Waals surface area contributed by atoms with Crippen molar-refractivity contribution < 1.29 is 4.79 Å². The number of aliphatic imine (C=N–C) groups is 1. The lowest BCUT2D eigenvalue weighted by Gasteiger charge is -2.13. The van der Waals surface area contributed by atoms with Crippen LogP contribution in [-0.2, 0) is 4.79 Å². The fourth-order valence-electron chi connectivity index (χ4n) is 1.62. The summed E-state index contributed by atoms with van der Waals surface area (Å²) in [5.41, 5.74) is 6.70. The van der Waals surface area contributed by atoms with Gasteiger partial charge in [0.2, 0.25) is 5.91 Å². The first-order valence-electron chi connectivity index (χ1n) is 7.99. The number of carbonyl (C=O) groups is 1. The summed E-state index contributed by atoms with van der Waals surface area (Å²) in [6.45, 7) is 8.51. The van der Waals surface area contributed by atoms with Crippen molar-refractivity contribution >= 4 is 40.6 Å². The lowest BCUT2D eigenvalue weighted by molar-refractivity contribution is -0.117. The van der Waals surface area contributed by atoms with Crippen molar-refractivity contribution in [2.24, 2.45) is 16.6 Å². The van der Waals surface area contributed by atoms with Gasteiger partial charge in [0, 0.05) is 24.6 Å².